The summed E-state index contributed by atoms with van der Waals surface area (Å²) in [6.07, 6.45) is 36.1. The van der Waals surface area contributed by atoms with Crippen molar-refractivity contribution in [3.63, 3.8) is 0 Å². The van der Waals surface area contributed by atoms with Crippen LogP contribution in [0.4, 0.5) is 0 Å². The van der Waals surface area contributed by atoms with Crippen LogP contribution in [-0.2, 0) is 0 Å². The molecule has 2 N–H and O–H groups in total. The molecule has 0 aromatic carbocycles. The van der Waals surface area contributed by atoms with E-state index in [1.54, 1.807) is 0 Å². The van der Waals surface area contributed by atoms with Gasteiger partial charge >= 0.3 is 0 Å². The smallest absolute Gasteiger partial charge is 0.102 e. The Hall–Kier alpha value is 0.360. The molecule has 0 heterocycles. The molecule has 0 aromatic heterocycles. The SMILES string of the molecule is CCCCCCCCCCCCCCCCCC[N+](CCO)(CCO)CCCCCCCCCCCC.[Br-]. The van der Waals surface area contributed by atoms with Crippen LogP contribution in [-0.4, -0.2) is 54.1 Å². The summed E-state index contributed by atoms with van der Waals surface area (Å²) in [4.78, 5) is 0. The predicted molar refractivity (Wildman–Crippen MR) is 165 cm³/mol. The van der Waals surface area contributed by atoms with Crippen LogP contribution in [0.5, 0.6) is 0 Å². The Morgan fingerprint density at radius 2 is 0.526 bits per heavy atom. The molecule has 4 heteroatoms. The lowest BCUT2D eigenvalue weighted by Gasteiger charge is -2.38. The summed E-state index contributed by atoms with van der Waals surface area (Å²) < 4.78 is 0.933. The quantitative estimate of drug-likeness (QED) is 0.0641. The molecule has 38 heavy (non-hydrogen) atoms. The van der Waals surface area contributed by atoms with Crippen molar-refractivity contribution >= 4 is 0 Å². The first kappa shape index (κ1) is 40.5. The van der Waals surface area contributed by atoms with E-state index in [0.717, 1.165) is 30.7 Å². The summed E-state index contributed by atoms with van der Waals surface area (Å²) in [5, 5.41) is 19.5. The minimum absolute atomic E-state index is 0. The molecule has 232 valence electrons. The predicted octanol–water partition coefficient (Wildman–Crippen LogP) is 6.97. The monoisotopic (exact) mass is 605 g/mol. The topological polar surface area (TPSA) is 40.5 Å². The first-order chi connectivity index (χ1) is 18.2. The van der Waals surface area contributed by atoms with E-state index in [0.29, 0.717) is 0 Å². The van der Waals surface area contributed by atoms with Gasteiger partial charge in [0.2, 0.25) is 0 Å². The van der Waals surface area contributed by atoms with Gasteiger partial charge in [-0.05, 0) is 25.7 Å². The molecule has 0 atom stereocenters. The van der Waals surface area contributed by atoms with Gasteiger partial charge in [-0.15, -0.1) is 0 Å². The average Bonchev–Trinajstić information content (AvgIpc) is 2.90. The number of aliphatic hydroxyl groups is 2. The van der Waals surface area contributed by atoms with Gasteiger partial charge < -0.3 is 31.7 Å². The summed E-state index contributed by atoms with van der Waals surface area (Å²) in [7, 11) is 0. The van der Waals surface area contributed by atoms with Crippen LogP contribution in [0.2, 0.25) is 0 Å². The van der Waals surface area contributed by atoms with Crippen molar-refractivity contribution in [2.75, 3.05) is 39.4 Å². The lowest BCUT2D eigenvalue weighted by Crippen LogP contribution is -3.00. The van der Waals surface area contributed by atoms with Gasteiger partial charge in [-0.1, -0.05) is 155 Å². The molecule has 3 nitrogen and oxygen atoms in total. The molecular weight excluding hydrogens is 534 g/mol. The van der Waals surface area contributed by atoms with Crippen LogP contribution < -0.4 is 17.0 Å². The maximum absolute atomic E-state index is 9.73. The minimum Gasteiger partial charge on any atom is -1.00 e. The molecular formula is C34H72BrNO2. The molecule has 0 aliphatic carbocycles. The Morgan fingerprint density at radius 1 is 0.316 bits per heavy atom. The average molecular weight is 607 g/mol. The third-order valence-corrected chi connectivity index (χ3v) is 8.62. The van der Waals surface area contributed by atoms with Gasteiger partial charge in [0.1, 0.15) is 13.1 Å². The van der Waals surface area contributed by atoms with Crippen molar-refractivity contribution in [2.45, 2.75) is 181 Å². The first-order valence-electron chi connectivity index (χ1n) is 17.3. The number of rotatable bonds is 32. The highest BCUT2D eigenvalue weighted by molar-refractivity contribution is 4.53. The first-order valence-corrected chi connectivity index (χ1v) is 17.3. The van der Waals surface area contributed by atoms with E-state index >= 15 is 0 Å². The molecule has 0 rings (SSSR count). The van der Waals surface area contributed by atoms with E-state index in [1.165, 1.54) is 167 Å². The number of quaternary nitrogens is 1. The van der Waals surface area contributed by atoms with Crippen LogP contribution in [0.15, 0.2) is 0 Å². The summed E-state index contributed by atoms with van der Waals surface area (Å²) in [5.41, 5.74) is 0. The Balaban J connectivity index is 0. The third-order valence-electron chi connectivity index (χ3n) is 8.62. The largest absolute Gasteiger partial charge is 1.00 e. The minimum atomic E-state index is 0. The van der Waals surface area contributed by atoms with Crippen molar-refractivity contribution in [3.05, 3.63) is 0 Å². The van der Waals surface area contributed by atoms with Gasteiger partial charge in [-0.25, -0.2) is 0 Å². The highest BCUT2D eigenvalue weighted by Crippen LogP contribution is 2.17. The zero-order valence-electron chi connectivity index (χ0n) is 26.3. The van der Waals surface area contributed by atoms with Gasteiger partial charge in [0.25, 0.3) is 0 Å². The Morgan fingerprint density at radius 3 is 0.737 bits per heavy atom. The lowest BCUT2D eigenvalue weighted by molar-refractivity contribution is -0.929. The number of halogens is 1. The Kier molecular flexibility index (Phi) is 35.8. The molecule has 0 amide bonds. The van der Waals surface area contributed by atoms with E-state index in [4.69, 9.17) is 0 Å². The van der Waals surface area contributed by atoms with Crippen LogP contribution >= 0.6 is 0 Å². The molecule has 0 unspecified atom stereocenters. The highest BCUT2D eigenvalue weighted by Gasteiger charge is 2.25. The molecule has 0 radical (unpaired) electrons. The zero-order chi connectivity index (χ0) is 27.1. The molecule has 0 saturated carbocycles. The van der Waals surface area contributed by atoms with Crippen LogP contribution in [0, 0.1) is 0 Å². The molecule has 0 saturated heterocycles. The normalized spacial score (nSPS) is 11.7. The maximum Gasteiger partial charge on any atom is 0.102 e. The van der Waals surface area contributed by atoms with Gasteiger partial charge in [0.05, 0.1) is 26.3 Å². The number of hydrogen-bond donors (Lipinski definition) is 2. The second-order valence-electron chi connectivity index (χ2n) is 12.2. The van der Waals surface area contributed by atoms with Crippen LogP contribution in [0.1, 0.15) is 181 Å². The number of hydrogen-bond acceptors (Lipinski definition) is 2. The van der Waals surface area contributed by atoms with E-state index < -0.39 is 0 Å². The standard InChI is InChI=1S/C34H72NO2.BrH/c1-3-5-7-9-11-13-15-16-17-18-19-20-22-24-26-28-30-35(31-33-36,32-34-37)29-27-25-23-21-14-12-10-8-6-4-2;/h36-37H,3-34H2,1-2H3;1H/q+1;/p-1. The second-order valence-corrected chi connectivity index (χ2v) is 12.2. The zero-order valence-corrected chi connectivity index (χ0v) is 27.9. The van der Waals surface area contributed by atoms with Crippen molar-refractivity contribution in [3.8, 4) is 0 Å². The Bertz CT molecular complexity index is 415. The van der Waals surface area contributed by atoms with Crippen LogP contribution in [0.25, 0.3) is 0 Å². The van der Waals surface area contributed by atoms with Crippen LogP contribution in [0.3, 0.4) is 0 Å². The van der Waals surface area contributed by atoms with Crippen molar-refractivity contribution in [1.29, 1.82) is 0 Å². The highest BCUT2D eigenvalue weighted by atomic mass is 79.9. The lowest BCUT2D eigenvalue weighted by atomic mass is 10.0. The van der Waals surface area contributed by atoms with Gasteiger partial charge in [0, 0.05) is 0 Å². The summed E-state index contributed by atoms with van der Waals surface area (Å²) in [5.74, 6) is 0. The van der Waals surface area contributed by atoms with E-state index in [-0.39, 0.29) is 30.2 Å². The second kappa shape index (κ2) is 33.6. The van der Waals surface area contributed by atoms with Crippen molar-refractivity contribution in [1.82, 2.24) is 0 Å². The Labute approximate surface area is 251 Å². The number of aliphatic hydroxyl groups excluding tert-OH is 2. The molecule has 0 bridgehead atoms. The molecule has 0 spiro atoms. The van der Waals surface area contributed by atoms with E-state index in [2.05, 4.69) is 13.8 Å². The van der Waals surface area contributed by atoms with E-state index in [1.807, 2.05) is 0 Å². The fourth-order valence-electron chi connectivity index (χ4n) is 6.03. The fraction of sp³-hybridized carbons (Fsp3) is 1.00. The summed E-state index contributed by atoms with van der Waals surface area (Å²) >= 11 is 0. The molecule has 0 aliphatic rings. The molecule has 0 aromatic rings. The van der Waals surface area contributed by atoms with Gasteiger partial charge in [-0.2, -0.15) is 0 Å². The number of unbranched alkanes of at least 4 members (excludes halogenated alkanes) is 24. The van der Waals surface area contributed by atoms with Crippen molar-refractivity contribution < 1.29 is 31.7 Å². The van der Waals surface area contributed by atoms with E-state index in [9.17, 15) is 10.2 Å². The van der Waals surface area contributed by atoms with Crippen molar-refractivity contribution in [2.24, 2.45) is 0 Å². The maximum atomic E-state index is 9.73. The molecule has 0 aliphatic heterocycles. The fourth-order valence-corrected chi connectivity index (χ4v) is 6.03. The summed E-state index contributed by atoms with van der Waals surface area (Å²) in [6, 6.07) is 0. The van der Waals surface area contributed by atoms with Gasteiger partial charge in [0.15, 0.2) is 0 Å². The molecule has 0 fully saturated rings. The third kappa shape index (κ3) is 27.9. The van der Waals surface area contributed by atoms with Gasteiger partial charge in [-0.3, -0.25) is 0 Å². The summed E-state index contributed by atoms with van der Waals surface area (Å²) in [6.45, 7) is 8.98. The number of nitrogens with zero attached hydrogens (tertiary/aromatic N) is 1.